The number of ether oxygens (including phenoxy) is 1. The first-order valence-corrected chi connectivity index (χ1v) is 11.3. The molecule has 2 heterocycles. The molecule has 0 unspecified atom stereocenters. The number of hydrogen-bond donors (Lipinski definition) is 1. The van der Waals surface area contributed by atoms with Crippen LogP contribution in [0.15, 0.2) is 64.6 Å². The molecule has 3 aromatic rings. The highest BCUT2D eigenvalue weighted by atomic mass is 32.1. The van der Waals surface area contributed by atoms with Gasteiger partial charge >= 0.3 is 0 Å². The number of amides is 2. The van der Waals surface area contributed by atoms with Crippen molar-refractivity contribution >= 4 is 23.2 Å². The summed E-state index contributed by atoms with van der Waals surface area (Å²) in [6.45, 7) is 2.90. The fourth-order valence-corrected chi connectivity index (χ4v) is 3.99. The van der Waals surface area contributed by atoms with E-state index in [2.05, 4.69) is 12.2 Å². The standard InChI is InChI=1S/C24H28N2O4S/c1-3-4-13-26(22(27)16-20-7-6-15-31-20)23(21-8-5-14-30-21)24(28)25-17-18-9-11-19(29-2)12-10-18/h5-12,14-15,23H,3-4,13,16-17H2,1-2H3,(H,25,28)/t23-/m1/s1. The SMILES string of the molecule is CCCCN(C(=O)Cc1cccs1)[C@@H](C(=O)NCc1ccc(OC)cc1)c1ccco1. The molecule has 0 aliphatic rings. The van der Waals surface area contributed by atoms with Crippen molar-refractivity contribution in [2.75, 3.05) is 13.7 Å². The highest BCUT2D eigenvalue weighted by Gasteiger charge is 2.33. The largest absolute Gasteiger partial charge is 0.497 e. The van der Waals surface area contributed by atoms with Crippen molar-refractivity contribution in [2.24, 2.45) is 0 Å². The van der Waals surface area contributed by atoms with Crippen molar-refractivity contribution in [3.05, 3.63) is 76.4 Å². The maximum absolute atomic E-state index is 13.3. The summed E-state index contributed by atoms with van der Waals surface area (Å²) in [6.07, 6.45) is 3.52. The van der Waals surface area contributed by atoms with Crippen LogP contribution in [0.5, 0.6) is 5.75 Å². The van der Waals surface area contributed by atoms with Gasteiger partial charge in [0.05, 0.1) is 19.8 Å². The molecular formula is C24H28N2O4S. The quantitative estimate of drug-likeness (QED) is 0.474. The number of hydrogen-bond acceptors (Lipinski definition) is 5. The summed E-state index contributed by atoms with van der Waals surface area (Å²) < 4.78 is 10.8. The van der Waals surface area contributed by atoms with Crippen LogP contribution in [-0.2, 0) is 22.6 Å². The number of nitrogens with one attached hydrogen (secondary N) is 1. The van der Waals surface area contributed by atoms with E-state index in [4.69, 9.17) is 9.15 Å². The maximum atomic E-state index is 13.3. The Labute approximate surface area is 186 Å². The molecule has 164 valence electrons. The number of unbranched alkanes of at least 4 members (excludes halogenated alkanes) is 1. The molecule has 1 atom stereocenters. The van der Waals surface area contributed by atoms with Crippen LogP contribution >= 0.6 is 11.3 Å². The maximum Gasteiger partial charge on any atom is 0.251 e. The van der Waals surface area contributed by atoms with Crippen molar-refractivity contribution in [3.63, 3.8) is 0 Å². The van der Waals surface area contributed by atoms with Crippen LogP contribution in [0.4, 0.5) is 0 Å². The zero-order valence-electron chi connectivity index (χ0n) is 17.9. The van der Waals surface area contributed by atoms with Crippen LogP contribution in [0.2, 0.25) is 0 Å². The van der Waals surface area contributed by atoms with Gasteiger partial charge in [0.25, 0.3) is 5.91 Å². The molecule has 1 aromatic carbocycles. The molecule has 0 aliphatic heterocycles. The summed E-state index contributed by atoms with van der Waals surface area (Å²) in [5.74, 6) is 0.870. The Morgan fingerprint density at radius 2 is 1.97 bits per heavy atom. The van der Waals surface area contributed by atoms with E-state index in [9.17, 15) is 9.59 Å². The first-order valence-electron chi connectivity index (χ1n) is 10.4. The predicted molar refractivity (Wildman–Crippen MR) is 121 cm³/mol. The van der Waals surface area contributed by atoms with Crippen LogP contribution in [0.3, 0.4) is 0 Å². The normalized spacial score (nSPS) is 11.7. The Morgan fingerprint density at radius 1 is 1.16 bits per heavy atom. The van der Waals surface area contributed by atoms with Gasteiger partial charge in [-0.2, -0.15) is 0 Å². The van der Waals surface area contributed by atoms with Gasteiger partial charge in [-0.3, -0.25) is 9.59 Å². The van der Waals surface area contributed by atoms with E-state index in [0.717, 1.165) is 29.0 Å². The van der Waals surface area contributed by atoms with Gasteiger partial charge in [0, 0.05) is 18.0 Å². The Bertz CT molecular complexity index is 937. The highest BCUT2D eigenvalue weighted by molar-refractivity contribution is 7.10. The molecule has 0 fully saturated rings. The van der Waals surface area contributed by atoms with Crippen LogP contribution in [0, 0.1) is 0 Å². The summed E-state index contributed by atoms with van der Waals surface area (Å²) in [4.78, 5) is 29.1. The van der Waals surface area contributed by atoms with Gasteiger partial charge in [0.15, 0.2) is 6.04 Å². The van der Waals surface area contributed by atoms with E-state index < -0.39 is 6.04 Å². The monoisotopic (exact) mass is 440 g/mol. The summed E-state index contributed by atoms with van der Waals surface area (Å²) in [7, 11) is 1.61. The van der Waals surface area contributed by atoms with E-state index in [1.54, 1.807) is 24.1 Å². The predicted octanol–water partition coefficient (Wildman–Crippen LogP) is 4.58. The number of rotatable bonds is 11. The zero-order chi connectivity index (χ0) is 22.1. The van der Waals surface area contributed by atoms with Crippen LogP contribution in [0.1, 0.15) is 42.0 Å². The highest BCUT2D eigenvalue weighted by Crippen LogP contribution is 2.24. The molecular weight excluding hydrogens is 412 g/mol. The van der Waals surface area contributed by atoms with Crippen molar-refractivity contribution in [3.8, 4) is 5.75 Å². The second-order valence-electron chi connectivity index (χ2n) is 7.18. The molecule has 0 bridgehead atoms. The first kappa shape index (κ1) is 22.6. The lowest BCUT2D eigenvalue weighted by molar-refractivity contribution is -0.141. The number of carbonyl (C=O) groups is 2. The molecule has 3 rings (SSSR count). The van der Waals surface area contributed by atoms with Crippen LogP contribution in [-0.4, -0.2) is 30.4 Å². The lowest BCUT2D eigenvalue weighted by atomic mass is 10.1. The smallest absolute Gasteiger partial charge is 0.251 e. The zero-order valence-corrected chi connectivity index (χ0v) is 18.7. The Balaban J connectivity index is 1.78. The second kappa shape index (κ2) is 11.4. The van der Waals surface area contributed by atoms with Crippen molar-refractivity contribution in [1.29, 1.82) is 0 Å². The van der Waals surface area contributed by atoms with Gasteiger partial charge < -0.3 is 19.4 Å². The molecule has 0 spiro atoms. The van der Waals surface area contributed by atoms with Gasteiger partial charge in [-0.25, -0.2) is 0 Å². The molecule has 0 saturated heterocycles. The van der Waals surface area contributed by atoms with E-state index >= 15 is 0 Å². The molecule has 0 radical (unpaired) electrons. The molecule has 2 amide bonds. The molecule has 6 nitrogen and oxygen atoms in total. The Morgan fingerprint density at radius 3 is 2.58 bits per heavy atom. The van der Waals surface area contributed by atoms with Crippen LogP contribution < -0.4 is 10.1 Å². The number of nitrogens with zero attached hydrogens (tertiary/aromatic N) is 1. The van der Waals surface area contributed by atoms with E-state index in [1.807, 2.05) is 41.8 Å². The molecule has 31 heavy (non-hydrogen) atoms. The van der Waals surface area contributed by atoms with Crippen molar-refractivity contribution in [2.45, 2.75) is 38.8 Å². The van der Waals surface area contributed by atoms with Gasteiger partial charge in [-0.05, 0) is 47.7 Å². The minimum Gasteiger partial charge on any atom is -0.497 e. The number of carbonyl (C=O) groups excluding carboxylic acids is 2. The molecule has 0 saturated carbocycles. The topological polar surface area (TPSA) is 71.8 Å². The third-order valence-corrected chi connectivity index (χ3v) is 5.85. The fraction of sp³-hybridized carbons (Fsp3) is 0.333. The van der Waals surface area contributed by atoms with Gasteiger partial charge in [0.1, 0.15) is 11.5 Å². The number of thiophene rings is 1. The lowest BCUT2D eigenvalue weighted by Gasteiger charge is -2.30. The van der Waals surface area contributed by atoms with Gasteiger partial charge in [-0.15, -0.1) is 11.3 Å². The van der Waals surface area contributed by atoms with Crippen LogP contribution in [0.25, 0.3) is 0 Å². The molecule has 7 heteroatoms. The number of benzene rings is 1. The molecule has 1 N–H and O–H groups in total. The van der Waals surface area contributed by atoms with Crippen molar-refractivity contribution < 1.29 is 18.7 Å². The molecule has 0 aliphatic carbocycles. The summed E-state index contributed by atoms with van der Waals surface area (Å²) >= 11 is 1.54. The van der Waals surface area contributed by atoms with Gasteiger partial charge in [-0.1, -0.05) is 31.5 Å². The summed E-state index contributed by atoms with van der Waals surface area (Å²) in [5.41, 5.74) is 0.942. The number of furan rings is 1. The second-order valence-corrected chi connectivity index (χ2v) is 8.21. The van der Waals surface area contributed by atoms with E-state index in [-0.39, 0.29) is 18.2 Å². The fourth-order valence-electron chi connectivity index (χ4n) is 3.29. The minimum atomic E-state index is -0.813. The van der Waals surface area contributed by atoms with E-state index in [1.165, 1.54) is 17.6 Å². The third-order valence-electron chi connectivity index (χ3n) is 4.98. The van der Waals surface area contributed by atoms with E-state index in [0.29, 0.717) is 18.8 Å². The lowest BCUT2D eigenvalue weighted by Crippen LogP contribution is -2.44. The Kier molecular flexibility index (Phi) is 8.29. The number of methoxy groups -OCH3 is 1. The first-order chi connectivity index (χ1) is 15.1. The average molecular weight is 441 g/mol. The van der Waals surface area contributed by atoms with Crippen molar-refractivity contribution in [1.82, 2.24) is 10.2 Å². The third kappa shape index (κ3) is 6.21. The van der Waals surface area contributed by atoms with Gasteiger partial charge in [0.2, 0.25) is 5.91 Å². The average Bonchev–Trinajstić information content (AvgIpc) is 3.49. The summed E-state index contributed by atoms with van der Waals surface area (Å²) in [5, 5.41) is 4.91. The minimum absolute atomic E-state index is 0.0862. The molecule has 2 aromatic heterocycles. The summed E-state index contributed by atoms with van der Waals surface area (Å²) in [6, 6.07) is 14.0. The Hall–Kier alpha value is -3.06.